The largest absolute Gasteiger partial charge is 0.341 e. The molecule has 0 fully saturated rings. The zero-order valence-corrected chi connectivity index (χ0v) is 14.7. The highest BCUT2D eigenvalue weighted by Crippen LogP contribution is 2.32. The Bertz CT molecular complexity index is 761. The predicted molar refractivity (Wildman–Crippen MR) is 95.6 cm³/mol. The van der Waals surface area contributed by atoms with E-state index >= 15 is 0 Å². The first-order valence-corrected chi connectivity index (χ1v) is 8.54. The predicted octanol–water partition coefficient (Wildman–Crippen LogP) is 2.58. The maximum absolute atomic E-state index is 12.8. The first-order valence-electron chi connectivity index (χ1n) is 8.54. The van der Waals surface area contributed by atoms with E-state index in [1.54, 1.807) is 31.3 Å². The fraction of sp³-hybridized carbons (Fsp3) is 0.350. The number of aromatic nitrogens is 1. The number of carbonyl (C=O) groups is 2. The second-order valence-electron chi connectivity index (χ2n) is 6.49. The molecule has 2 aromatic rings. The van der Waals surface area contributed by atoms with Gasteiger partial charge < -0.3 is 9.80 Å². The van der Waals surface area contributed by atoms with Crippen LogP contribution >= 0.6 is 0 Å². The molecular formula is C20H23N3O2. The molecule has 1 aromatic carbocycles. The van der Waals surface area contributed by atoms with Gasteiger partial charge in [-0.3, -0.25) is 14.6 Å². The number of carbonyl (C=O) groups excluding carboxylic acids is 2. The quantitative estimate of drug-likeness (QED) is 0.862. The smallest absolute Gasteiger partial charge is 0.225 e. The summed E-state index contributed by atoms with van der Waals surface area (Å²) in [6.45, 7) is 2.78. The van der Waals surface area contributed by atoms with Crippen molar-refractivity contribution >= 4 is 11.8 Å². The molecule has 0 radical (unpaired) electrons. The standard InChI is InChI=1S/C20H23N3O2/c1-15(24)23-12-9-17-5-3-4-6-18(17)19(23)13-20(25)22(2)14-16-7-10-21-11-8-16/h3-8,10-11,19H,9,12-14H2,1-2H3/t19-/m0/s1. The molecule has 5 nitrogen and oxygen atoms in total. The Labute approximate surface area is 148 Å². The molecule has 1 atom stereocenters. The Morgan fingerprint density at radius 2 is 1.92 bits per heavy atom. The summed E-state index contributed by atoms with van der Waals surface area (Å²) in [4.78, 5) is 32.4. The molecule has 0 N–H and O–H groups in total. The van der Waals surface area contributed by atoms with Crippen molar-refractivity contribution in [1.82, 2.24) is 14.8 Å². The first-order chi connectivity index (χ1) is 12.1. The molecule has 0 spiro atoms. The second-order valence-corrected chi connectivity index (χ2v) is 6.49. The van der Waals surface area contributed by atoms with Crippen LogP contribution in [0.5, 0.6) is 0 Å². The Hall–Kier alpha value is -2.69. The van der Waals surface area contributed by atoms with Crippen LogP contribution in [-0.4, -0.2) is 40.2 Å². The van der Waals surface area contributed by atoms with E-state index in [-0.39, 0.29) is 17.9 Å². The van der Waals surface area contributed by atoms with Crippen molar-refractivity contribution in [2.24, 2.45) is 0 Å². The summed E-state index contributed by atoms with van der Waals surface area (Å²) in [6.07, 6.45) is 4.59. The Morgan fingerprint density at radius 1 is 1.20 bits per heavy atom. The van der Waals surface area contributed by atoms with Crippen molar-refractivity contribution < 1.29 is 9.59 Å². The summed E-state index contributed by atoms with van der Waals surface area (Å²) < 4.78 is 0. The number of hydrogen-bond acceptors (Lipinski definition) is 3. The van der Waals surface area contributed by atoms with Crippen LogP contribution in [0, 0.1) is 0 Å². The highest BCUT2D eigenvalue weighted by molar-refractivity contribution is 5.79. The van der Waals surface area contributed by atoms with Gasteiger partial charge in [0.2, 0.25) is 11.8 Å². The van der Waals surface area contributed by atoms with Gasteiger partial charge in [-0.2, -0.15) is 0 Å². The number of hydrogen-bond donors (Lipinski definition) is 0. The summed E-state index contributed by atoms with van der Waals surface area (Å²) in [5.74, 6) is 0.0499. The van der Waals surface area contributed by atoms with E-state index < -0.39 is 0 Å². The summed E-state index contributed by atoms with van der Waals surface area (Å²) in [5.41, 5.74) is 3.36. The van der Waals surface area contributed by atoms with Gasteiger partial charge in [-0.1, -0.05) is 24.3 Å². The molecule has 1 aliphatic heterocycles. The van der Waals surface area contributed by atoms with Crippen LogP contribution in [0.1, 0.15) is 36.1 Å². The van der Waals surface area contributed by atoms with Gasteiger partial charge in [0.1, 0.15) is 0 Å². The van der Waals surface area contributed by atoms with Gasteiger partial charge in [-0.25, -0.2) is 0 Å². The lowest BCUT2D eigenvalue weighted by Gasteiger charge is -2.37. The van der Waals surface area contributed by atoms with E-state index in [1.807, 2.05) is 35.2 Å². The monoisotopic (exact) mass is 337 g/mol. The maximum Gasteiger partial charge on any atom is 0.225 e. The molecule has 0 aliphatic carbocycles. The molecule has 5 heteroatoms. The van der Waals surface area contributed by atoms with Crippen molar-refractivity contribution in [1.29, 1.82) is 0 Å². The van der Waals surface area contributed by atoms with Gasteiger partial charge in [-0.05, 0) is 35.2 Å². The fourth-order valence-electron chi connectivity index (χ4n) is 3.42. The molecule has 1 aliphatic rings. The average Bonchev–Trinajstić information content (AvgIpc) is 2.62. The third kappa shape index (κ3) is 3.87. The first kappa shape index (κ1) is 17.1. The van der Waals surface area contributed by atoms with Gasteiger partial charge in [-0.15, -0.1) is 0 Å². The molecule has 0 unspecified atom stereocenters. The number of nitrogens with zero attached hydrogens (tertiary/aromatic N) is 3. The van der Waals surface area contributed by atoms with Crippen molar-refractivity contribution in [3.05, 3.63) is 65.5 Å². The van der Waals surface area contributed by atoms with Crippen molar-refractivity contribution in [2.45, 2.75) is 32.4 Å². The van der Waals surface area contributed by atoms with Crippen LogP contribution in [0.3, 0.4) is 0 Å². The minimum atomic E-state index is -0.185. The average molecular weight is 337 g/mol. The Morgan fingerprint density at radius 3 is 2.64 bits per heavy atom. The van der Waals surface area contributed by atoms with Gasteiger partial charge in [0.15, 0.2) is 0 Å². The third-order valence-corrected chi connectivity index (χ3v) is 4.78. The zero-order valence-electron chi connectivity index (χ0n) is 14.7. The number of benzene rings is 1. The second kappa shape index (κ2) is 7.47. The molecule has 0 saturated carbocycles. The molecule has 2 heterocycles. The number of amides is 2. The summed E-state index contributed by atoms with van der Waals surface area (Å²) in [6, 6.07) is 11.7. The van der Waals surface area contributed by atoms with E-state index in [1.165, 1.54) is 5.56 Å². The van der Waals surface area contributed by atoms with E-state index in [2.05, 4.69) is 11.1 Å². The lowest BCUT2D eigenvalue weighted by atomic mass is 9.90. The zero-order chi connectivity index (χ0) is 17.8. The highest BCUT2D eigenvalue weighted by Gasteiger charge is 2.31. The lowest BCUT2D eigenvalue weighted by molar-refractivity contribution is -0.136. The fourth-order valence-corrected chi connectivity index (χ4v) is 3.42. The number of pyridine rings is 1. The summed E-state index contributed by atoms with van der Waals surface area (Å²) in [5, 5.41) is 0. The van der Waals surface area contributed by atoms with Crippen LogP contribution in [0.2, 0.25) is 0 Å². The minimum absolute atomic E-state index is 0.0177. The number of rotatable bonds is 4. The number of fused-ring (bicyclic) bond motifs is 1. The SMILES string of the molecule is CC(=O)N1CCc2ccccc2[C@@H]1CC(=O)N(C)Cc1ccncc1. The van der Waals surface area contributed by atoms with Gasteiger partial charge >= 0.3 is 0 Å². The maximum atomic E-state index is 12.8. The minimum Gasteiger partial charge on any atom is -0.341 e. The Balaban J connectivity index is 1.76. The van der Waals surface area contributed by atoms with E-state index in [0.717, 1.165) is 17.5 Å². The van der Waals surface area contributed by atoms with E-state index in [4.69, 9.17) is 0 Å². The highest BCUT2D eigenvalue weighted by atomic mass is 16.2. The molecular weight excluding hydrogens is 314 g/mol. The van der Waals surface area contributed by atoms with Crippen molar-refractivity contribution in [3.63, 3.8) is 0 Å². The van der Waals surface area contributed by atoms with E-state index in [9.17, 15) is 9.59 Å². The summed E-state index contributed by atoms with van der Waals surface area (Å²) in [7, 11) is 1.80. The van der Waals surface area contributed by atoms with Crippen LogP contribution in [0.15, 0.2) is 48.8 Å². The molecule has 2 amide bonds. The van der Waals surface area contributed by atoms with Gasteiger partial charge in [0.05, 0.1) is 12.5 Å². The van der Waals surface area contributed by atoms with Crippen LogP contribution in [0.25, 0.3) is 0 Å². The lowest BCUT2D eigenvalue weighted by Crippen LogP contribution is -2.41. The van der Waals surface area contributed by atoms with Crippen LogP contribution < -0.4 is 0 Å². The third-order valence-electron chi connectivity index (χ3n) is 4.78. The summed E-state index contributed by atoms with van der Waals surface area (Å²) >= 11 is 0. The van der Waals surface area contributed by atoms with Crippen molar-refractivity contribution in [2.75, 3.05) is 13.6 Å². The van der Waals surface area contributed by atoms with Gasteiger partial charge in [0.25, 0.3) is 0 Å². The van der Waals surface area contributed by atoms with Gasteiger partial charge in [0, 0.05) is 39.5 Å². The normalized spacial score (nSPS) is 16.2. The van der Waals surface area contributed by atoms with E-state index in [0.29, 0.717) is 19.5 Å². The molecule has 0 saturated heterocycles. The Kier molecular flexibility index (Phi) is 5.12. The van der Waals surface area contributed by atoms with Crippen LogP contribution in [0.4, 0.5) is 0 Å². The molecule has 25 heavy (non-hydrogen) atoms. The molecule has 1 aromatic heterocycles. The molecule has 3 rings (SSSR count). The topological polar surface area (TPSA) is 53.5 Å². The van der Waals surface area contributed by atoms with Crippen LogP contribution in [-0.2, 0) is 22.6 Å². The molecule has 0 bridgehead atoms. The van der Waals surface area contributed by atoms with Crippen molar-refractivity contribution in [3.8, 4) is 0 Å². The molecule has 130 valence electrons.